The molecule has 46 heavy (non-hydrogen) atoms. The van der Waals surface area contributed by atoms with Crippen molar-refractivity contribution in [3.05, 3.63) is 123 Å². The first-order valence-corrected chi connectivity index (χ1v) is 17.8. The first-order valence-electron chi connectivity index (χ1n) is 15.1. The molecule has 0 aliphatic carbocycles. The quantitative estimate of drug-likeness (QED) is 0.151. The Bertz CT molecular complexity index is 1730. The second-order valence-electron chi connectivity index (χ2n) is 11.5. The third kappa shape index (κ3) is 9.49. The summed E-state index contributed by atoms with van der Waals surface area (Å²) in [5, 5.41) is 20.6. The maximum Gasteiger partial charge on any atom is 0.251 e. The smallest absolute Gasteiger partial charge is 0.251 e. The zero-order valence-electron chi connectivity index (χ0n) is 26.7. The Morgan fingerprint density at radius 1 is 0.848 bits per heavy atom. The lowest BCUT2D eigenvalue weighted by molar-refractivity contribution is 0.0825. The summed E-state index contributed by atoms with van der Waals surface area (Å²) < 4.78 is 25.9. The van der Waals surface area contributed by atoms with Gasteiger partial charge in [0.2, 0.25) is 10.0 Å². The van der Waals surface area contributed by atoms with Gasteiger partial charge in [-0.25, -0.2) is 8.42 Å². The number of rotatable bonds is 14. The summed E-state index contributed by atoms with van der Waals surface area (Å²) in [5.74, 6) is -0.993. The number of benzene rings is 3. The molecule has 9 nitrogen and oxygen atoms in total. The number of hydrogen-bond donors (Lipinski definition) is 4. The highest BCUT2D eigenvalue weighted by molar-refractivity contribution is 7.92. The van der Waals surface area contributed by atoms with Gasteiger partial charge in [-0.1, -0.05) is 60.7 Å². The molecule has 244 valence electrons. The molecule has 4 N–H and O–H groups in total. The maximum absolute atomic E-state index is 13.8. The standard InChI is InChI=1S/C35H42N4O5S2/c1-23-16-17-33(45-23)25(3)37-34(41)28-19-29(21-30(20-28)39(4)46(5,43)44)35(42)38-31(18-26-12-8-6-9-13-26)32(40)22-36-24(2)27-14-10-7-11-15-27/h6-17,19-21,24-25,31-32,36,40H,18,22H2,1-5H3,(H,37,41)(H,38,42)/t24-,25?,31-,32+/m0/s1. The molecule has 0 bridgehead atoms. The Kier molecular flexibility index (Phi) is 11.7. The van der Waals surface area contributed by atoms with Gasteiger partial charge in [-0.3, -0.25) is 13.9 Å². The van der Waals surface area contributed by atoms with Gasteiger partial charge in [0.15, 0.2) is 0 Å². The third-order valence-electron chi connectivity index (χ3n) is 7.85. The lowest BCUT2D eigenvalue weighted by Crippen LogP contribution is -2.49. The number of aliphatic hydroxyl groups excluding tert-OH is 1. The predicted molar refractivity (Wildman–Crippen MR) is 185 cm³/mol. The van der Waals surface area contributed by atoms with Crippen LogP contribution in [-0.2, 0) is 16.4 Å². The van der Waals surface area contributed by atoms with E-state index in [0.717, 1.165) is 31.4 Å². The average Bonchev–Trinajstić information content (AvgIpc) is 3.49. The van der Waals surface area contributed by atoms with Gasteiger partial charge in [-0.2, -0.15) is 0 Å². The molecule has 11 heteroatoms. The van der Waals surface area contributed by atoms with Gasteiger partial charge < -0.3 is 21.1 Å². The number of nitrogens with zero attached hydrogens (tertiary/aromatic N) is 1. The van der Waals surface area contributed by atoms with E-state index in [0.29, 0.717) is 6.42 Å². The van der Waals surface area contributed by atoms with Crippen LogP contribution in [0.25, 0.3) is 0 Å². The fraction of sp³-hybridized carbons (Fsp3) is 0.314. The van der Waals surface area contributed by atoms with Crippen LogP contribution in [0, 0.1) is 6.92 Å². The van der Waals surface area contributed by atoms with Crippen molar-refractivity contribution >= 4 is 38.9 Å². The van der Waals surface area contributed by atoms with Crippen molar-refractivity contribution in [2.45, 2.75) is 51.4 Å². The highest BCUT2D eigenvalue weighted by atomic mass is 32.2. The van der Waals surface area contributed by atoms with Crippen LogP contribution in [0.3, 0.4) is 0 Å². The van der Waals surface area contributed by atoms with Crippen molar-refractivity contribution in [1.29, 1.82) is 0 Å². The van der Waals surface area contributed by atoms with Crippen molar-refractivity contribution in [3.8, 4) is 0 Å². The van der Waals surface area contributed by atoms with Gasteiger partial charge in [0.05, 0.1) is 30.1 Å². The minimum atomic E-state index is -3.70. The molecule has 0 aliphatic rings. The van der Waals surface area contributed by atoms with Gasteiger partial charge in [0, 0.05) is 40.5 Å². The normalized spacial score (nSPS) is 14.1. The van der Waals surface area contributed by atoms with Crippen molar-refractivity contribution in [1.82, 2.24) is 16.0 Å². The molecule has 4 atom stereocenters. The van der Waals surface area contributed by atoms with E-state index in [4.69, 9.17) is 0 Å². The number of amides is 2. The zero-order valence-corrected chi connectivity index (χ0v) is 28.4. The summed E-state index contributed by atoms with van der Waals surface area (Å²) in [6.07, 6.45) is 0.439. The van der Waals surface area contributed by atoms with Crippen LogP contribution in [0.2, 0.25) is 0 Å². The number of thiophene rings is 1. The Morgan fingerprint density at radius 3 is 2.00 bits per heavy atom. The van der Waals surface area contributed by atoms with Gasteiger partial charge >= 0.3 is 0 Å². The molecule has 1 unspecified atom stereocenters. The minimum absolute atomic E-state index is 0.0336. The molecule has 3 aromatic carbocycles. The highest BCUT2D eigenvalue weighted by Crippen LogP contribution is 2.25. The molecule has 2 amide bonds. The Labute approximate surface area is 275 Å². The second kappa shape index (κ2) is 15.5. The van der Waals surface area contributed by atoms with E-state index >= 15 is 0 Å². The largest absolute Gasteiger partial charge is 0.390 e. The van der Waals surface area contributed by atoms with E-state index in [2.05, 4.69) is 16.0 Å². The number of carbonyl (C=O) groups excluding carboxylic acids is 2. The summed E-state index contributed by atoms with van der Waals surface area (Å²) in [6, 6.07) is 26.6. The molecule has 0 fully saturated rings. The molecule has 4 aromatic rings. The van der Waals surface area contributed by atoms with Crippen LogP contribution < -0.4 is 20.3 Å². The first-order chi connectivity index (χ1) is 21.8. The van der Waals surface area contributed by atoms with E-state index in [1.165, 1.54) is 25.2 Å². The van der Waals surface area contributed by atoms with Crippen LogP contribution in [0.5, 0.6) is 0 Å². The Balaban J connectivity index is 1.60. The van der Waals surface area contributed by atoms with E-state index in [9.17, 15) is 23.1 Å². The molecule has 4 rings (SSSR count). The highest BCUT2D eigenvalue weighted by Gasteiger charge is 2.25. The molecule has 1 aromatic heterocycles. The average molecular weight is 663 g/mol. The molecule has 0 aliphatic heterocycles. The number of hydrogen-bond acceptors (Lipinski definition) is 7. The van der Waals surface area contributed by atoms with Crippen LogP contribution in [-0.4, -0.2) is 57.3 Å². The van der Waals surface area contributed by atoms with Crippen LogP contribution in [0.15, 0.2) is 91.0 Å². The first kappa shape index (κ1) is 34.8. The van der Waals surface area contributed by atoms with Gasteiger partial charge in [0.25, 0.3) is 11.8 Å². The zero-order chi connectivity index (χ0) is 33.4. The Morgan fingerprint density at radius 2 is 1.43 bits per heavy atom. The minimum Gasteiger partial charge on any atom is -0.390 e. The van der Waals surface area contributed by atoms with E-state index in [1.54, 1.807) is 11.3 Å². The number of aliphatic hydroxyl groups is 1. The van der Waals surface area contributed by atoms with Gasteiger partial charge in [0.1, 0.15) is 0 Å². The molecule has 0 spiro atoms. The molecular formula is C35H42N4O5S2. The van der Waals surface area contributed by atoms with Gasteiger partial charge in [-0.05, 0) is 68.7 Å². The van der Waals surface area contributed by atoms with Crippen LogP contribution in [0.4, 0.5) is 5.69 Å². The summed E-state index contributed by atoms with van der Waals surface area (Å²) >= 11 is 1.57. The summed E-state index contributed by atoms with van der Waals surface area (Å²) in [7, 11) is -2.33. The van der Waals surface area contributed by atoms with Crippen LogP contribution >= 0.6 is 11.3 Å². The number of carbonyl (C=O) groups is 2. The topological polar surface area (TPSA) is 128 Å². The fourth-order valence-electron chi connectivity index (χ4n) is 4.99. The van der Waals surface area contributed by atoms with E-state index in [-0.39, 0.29) is 35.4 Å². The SMILES string of the molecule is Cc1ccc(C(C)NC(=O)c2cc(C(=O)N[C@@H](Cc3ccccc3)[C@H](O)CN[C@@H](C)c3ccccc3)cc(N(C)S(C)(=O)=O)c2)s1. The Hall–Kier alpha value is -4.03. The second-order valence-corrected chi connectivity index (χ2v) is 14.9. The monoisotopic (exact) mass is 662 g/mol. The lowest BCUT2D eigenvalue weighted by atomic mass is 9.99. The van der Waals surface area contributed by atoms with Crippen molar-refractivity contribution in [3.63, 3.8) is 0 Å². The maximum atomic E-state index is 13.8. The molecule has 0 saturated carbocycles. The third-order valence-corrected chi connectivity index (χ3v) is 10.2. The number of nitrogens with one attached hydrogen (secondary N) is 3. The van der Waals surface area contributed by atoms with E-state index in [1.807, 2.05) is 93.6 Å². The number of aryl methyl sites for hydroxylation is 1. The summed E-state index contributed by atoms with van der Waals surface area (Å²) in [6.45, 7) is 6.06. The summed E-state index contributed by atoms with van der Waals surface area (Å²) in [4.78, 5) is 29.3. The lowest BCUT2D eigenvalue weighted by Gasteiger charge is -2.27. The van der Waals surface area contributed by atoms with Crippen molar-refractivity contribution in [2.75, 3.05) is 24.2 Å². The molecular weight excluding hydrogens is 621 g/mol. The van der Waals surface area contributed by atoms with Crippen molar-refractivity contribution in [2.24, 2.45) is 0 Å². The molecule has 1 heterocycles. The molecule has 0 radical (unpaired) electrons. The van der Waals surface area contributed by atoms with E-state index < -0.39 is 34.0 Å². The number of anilines is 1. The molecule has 0 saturated heterocycles. The summed E-state index contributed by atoms with van der Waals surface area (Å²) in [5.41, 5.74) is 2.38. The number of sulfonamides is 1. The van der Waals surface area contributed by atoms with Crippen LogP contribution in [0.1, 0.15) is 67.5 Å². The fourth-order valence-corrected chi connectivity index (χ4v) is 6.35. The van der Waals surface area contributed by atoms with Crippen molar-refractivity contribution < 1.29 is 23.1 Å². The predicted octanol–water partition coefficient (Wildman–Crippen LogP) is 5.00. The van der Waals surface area contributed by atoms with Gasteiger partial charge in [-0.15, -0.1) is 11.3 Å².